The van der Waals surface area contributed by atoms with Crippen molar-refractivity contribution in [2.75, 3.05) is 19.7 Å². The molecule has 1 fully saturated rings. The number of aromatic amines is 1. The number of para-hydroxylation sites is 1. The highest BCUT2D eigenvalue weighted by Gasteiger charge is 2.44. The second-order valence-electron chi connectivity index (χ2n) is 13.8. The van der Waals surface area contributed by atoms with E-state index in [1.54, 1.807) is 42.7 Å². The van der Waals surface area contributed by atoms with Gasteiger partial charge in [0, 0.05) is 55.0 Å². The van der Waals surface area contributed by atoms with Crippen LogP contribution in [-0.4, -0.2) is 116 Å². The lowest BCUT2D eigenvalue weighted by Crippen LogP contribution is -2.60. The van der Waals surface area contributed by atoms with Crippen LogP contribution in [0.1, 0.15) is 31.4 Å². The first-order valence-corrected chi connectivity index (χ1v) is 18.1. The van der Waals surface area contributed by atoms with E-state index in [0.717, 1.165) is 22.0 Å². The quantitative estimate of drug-likeness (QED) is 0.123. The molecule has 17 heteroatoms. The van der Waals surface area contributed by atoms with Crippen LogP contribution in [0.4, 0.5) is 0 Å². The Hall–Kier alpha value is -6.23. The topological polar surface area (TPSA) is 229 Å². The fourth-order valence-electron chi connectivity index (χ4n) is 6.81. The molecule has 0 radical (unpaired) electrons. The van der Waals surface area contributed by atoms with Crippen LogP contribution >= 0.6 is 0 Å². The van der Waals surface area contributed by atoms with E-state index < -0.39 is 78.4 Å². The number of rotatable bonds is 6. The number of aromatic nitrogens is 3. The maximum atomic E-state index is 14.7. The Kier molecular flexibility index (Phi) is 12.1. The number of carbonyl (C=O) groups is 6. The maximum absolute atomic E-state index is 14.7. The van der Waals surface area contributed by atoms with Gasteiger partial charge in [0.25, 0.3) is 5.91 Å². The molecule has 5 heterocycles. The molecule has 2 aromatic carbocycles. The zero-order valence-electron chi connectivity index (χ0n) is 30.5. The van der Waals surface area contributed by atoms with Gasteiger partial charge in [0.1, 0.15) is 36.5 Å². The monoisotopic (exact) mass is 755 g/mol. The normalized spacial score (nSPS) is 23.7. The van der Waals surface area contributed by atoms with Crippen molar-refractivity contribution in [1.29, 1.82) is 0 Å². The number of ether oxygens (including phenoxy) is 1. The lowest BCUT2D eigenvalue weighted by Gasteiger charge is -2.30. The Morgan fingerprint density at radius 3 is 2.53 bits per heavy atom. The summed E-state index contributed by atoms with van der Waals surface area (Å²) in [6.45, 7) is 2.44. The van der Waals surface area contributed by atoms with Crippen LogP contribution in [0.2, 0.25) is 0 Å². The lowest BCUT2D eigenvalue weighted by molar-refractivity contribution is -0.143. The van der Waals surface area contributed by atoms with Gasteiger partial charge < -0.3 is 46.3 Å². The van der Waals surface area contributed by atoms with Gasteiger partial charge in [-0.25, -0.2) is 0 Å². The minimum absolute atomic E-state index is 0.0394. The van der Waals surface area contributed by atoms with Gasteiger partial charge in [0.05, 0.1) is 6.10 Å². The number of nitrogens with one attached hydrogen (secondary N) is 6. The van der Waals surface area contributed by atoms with Gasteiger partial charge in [-0.15, -0.1) is 0 Å². The second kappa shape index (κ2) is 17.3. The third-order valence-electron chi connectivity index (χ3n) is 9.67. The second-order valence-corrected chi connectivity index (χ2v) is 13.8. The first-order valence-electron chi connectivity index (χ1n) is 18.1. The summed E-state index contributed by atoms with van der Waals surface area (Å²) >= 11 is 0. The molecule has 3 aliphatic rings. The lowest BCUT2D eigenvalue weighted by atomic mass is 10.0. The van der Waals surface area contributed by atoms with Gasteiger partial charge in [-0.05, 0) is 62.1 Å². The molecule has 0 spiro atoms. The summed E-state index contributed by atoms with van der Waals surface area (Å²) in [6.07, 6.45) is 3.99. The fourth-order valence-corrected chi connectivity index (χ4v) is 6.81. The number of nitrogens with zero attached hydrogens (tertiary/aromatic N) is 3. The van der Waals surface area contributed by atoms with Crippen LogP contribution < -0.4 is 31.3 Å². The fraction of sp³-hybridized carbons (Fsp3) is 0.395. The van der Waals surface area contributed by atoms with Gasteiger partial charge in [-0.3, -0.25) is 33.4 Å². The average molecular weight is 756 g/mol. The number of amides is 6. The number of hydrogen-bond donors (Lipinski definition) is 7. The third kappa shape index (κ3) is 9.66. The van der Waals surface area contributed by atoms with Crippen molar-refractivity contribution in [1.82, 2.24) is 46.2 Å². The predicted octanol–water partition coefficient (Wildman–Crippen LogP) is -0.701. The van der Waals surface area contributed by atoms with Gasteiger partial charge in [0.15, 0.2) is 6.61 Å². The Balaban J connectivity index is 1.31. The minimum atomic E-state index is -1.50. The summed E-state index contributed by atoms with van der Waals surface area (Å²) in [5.41, 5.74) is 2.45. The molecule has 17 nitrogen and oxygen atoms in total. The molecule has 0 aliphatic carbocycles. The van der Waals surface area contributed by atoms with Crippen molar-refractivity contribution in [3.05, 3.63) is 84.3 Å². The third-order valence-corrected chi connectivity index (χ3v) is 9.67. The molecule has 0 saturated carbocycles. The molecule has 6 amide bonds. The van der Waals surface area contributed by atoms with E-state index in [9.17, 15) is 33.9 Å². The number of benzene rings is 2. The Morgan fingerprint density at radius 2 is 1.78 bits per heavy atom. The van der Waals surface area contributed by atoms with E-state index in [4.69, 9.17) is 4.74 Å². The molecule has 7 rings (SSSR count). The van der Waals surface area contributed by atoms with Crippen molar-refractivity contribution in [2.45, 2.75) is 76.0 Å². The number of carbonyl (C=O) groups excluding carboxylic acids is 6. The number of aliphatic hydroxyl groups excluding tert-OH is 1. The maximum Gasteiger partial charge on any atom is 0.258 e. The highest BCUT2D eigenvalue weighted by Crippen LogP contribution is 2.24. The molecule has 4 aromatic rings. The van der Waals surface area contributed by atoms with E-state index >= 15 is 0 Å². The highest BCUT2D eigenvalue weighted by molar-refractivity contribution is 5.97. The standard InChI is InChI=1S/C38H45N9O8/c1-22-35(51)39-14-12-24-8-10-27(11-9-24)55-21-33(50)44-30(16-25-18-40-29-7-4-3-6-28(25)29)38(54)47-19-26(43-32(49)20-46-15-5-13-41-46)17-31(47)36(52)45-34(23(2)48)37(53)42-22/h3-11,13,15,18,22-23,26,30-31,34,40,48H,12,14,16-17,19-21H2,1-2H3,(H,39,51)(H,42,53)(H,43,49)(H,44,50)(H,45,52)/t22-,23+,26-,30+,31-,34-/m0/s1. The van der Waals surface area contributed by atoms with Crippen LogP contribution in [0, 0.1) is 0 Å². The first kappa shape index (κ1) is 38.5. The Bertz CT molecular complexity index is 2010. The molecule has 6 atom stereocenters. The number of aliphatic hydroxyl groups is 1. The Morgan fingerprint density at radius 1 is 1.00 bits per heavy atom. The first-order chi connectivity index (χ1) is 26.4. The molecule has 55 heavy (non-hydrogen) atoms. The summed E-state index contributed by atoms with van der Waals surface area (Å²) in [4.78, 5) is 85.9. The van der Waals surface area contributed by atoms with Crippen LogP contribution in [0.5, 0.6) is 5.75 Å². The molecule has 3 aliphatic heterocycles. The molecule has 0 unspecified atom stereocenters. The molecule has 290 valence electrons. The van der Waals surface area contributed by atoms with E-state index in [0.29, 0.717) is 12.2 Å². The summed E-state index contributed by atoms with van der Waals surface area (Å²) in [5, 5.41) is 29.1. The van der Waals surface area contributed by atoms with E-state index in [-0.39, 0.29) is 32.5 Å². The SMILES string of the molecule is C[C@@H]1NC(=O)[C@H]([C@@H](C)O)NC(=O)[C@@H]2C[C@H](NC(=O)Cn3cccn3)CN2C(=O)[C@@H](Cc2c[nH]c3ccccc23)NC(=O)COc2ccc(cc2)CCNC1=O. The van der Waals surface area contributed by atoms with Gasteiger partial charge >= 0.3 is 0 Å². The predicted molar refractivity (Wildman–Crippen MR) is 198 cm³/mol. The highest BCUT2D eigenvalue weighted by atomic mass is 16.5. The number of hydrogen-bond acceptors (Lipinski definition) is 9. The number of H-pyrrole nitrogens is 1. The van der Waals surface area contributed by atoms with Gasteiger partial charge in [-0.2, -0.15) is 5.10 Å². The van der Waals surface area contributed by atoms with Crippen LogP contribution in [0.15, 0.2) is 73.2 Å². The summed E-state index contributed by atoms with van der Waals surface area (Å²) in [5.74, 6) is -3.26. The summed E-state index contributed by atoms with van der Waals surface area (Å²) in [7, 11) is 0. The largest absolute Gasteiger partial charge is 0.484 e. The molecule has 2 bridgehead atoms. The van der Waals surface area contributed by atoms with Crippen molar-refractivity contribution in [3.8, 4) is 5.75 Å². The minimum Gasteiger partial charge on any atom is -0.484 e. The van der Waals surface area contributed by atoms with Crippen LogP contribution in [0.25, 0.3) is 10.9 Å². The molecular formula is C38H45N9O8. The zero-order valence-corrected chi connectivity index (χ0v) is 30.5. The van der Waals surface area contributed by atoms with Crippen molar-refractivity contribution in [3.63, 3.8) is 0 Å². The number of fused-ring (bicyclic) bond motifs is 17. The van der Waals surface area contributed by atoms with Crippen LogP contribution in [-0.2, 0) is 48.2 Å². The molecule has 7 N–H and O–H groups in total. The van der Waals surface area contributed by atoms with Gasteiger partial charge in [0.2, 0.25) is 29.5 Å². The molecule has 1 saturated heterocycles. The van der Waals surface area contributed by atoms with E-state index in [1.165, 1.54) is 29.6 Å². The van der Waals surface area contributed by atoms with Crippen molar-refractivity contribution in [2.24, 2.45) is 0 Å². The zero-order chi connectivity index (χ0) is 39.1. The van der Waals surface area contributed by atoms with E-state index in [2.05, 4.69) is 36.7 Å². The van der Waals surface area contributed by atoms with Crippen molar-refractivity contribution < 1.29 is 38.6 Å². The molecule has 2 aromatic heterocycles. The molecular weight excluding hydrogens is 710 g/mol. The summed E-state index contributed by atoms with van der Waals surface area (Å²) < 4.78 is 7.19. The average Bonchev–Trinajstić information content (AvgIpc) is 3.93. The summed E-state index contributed by atoms with van der Waals surface area (Å²) in [6, 6.07) is 10.5. The van der Waals surface area contributed by atoms with E-state index in [1.807, 2.05) is 24.3 Å². The smallest absolute Gasteiger partial charge is 0.258 e. The Labute approximate surface area is 316 Å². The van der Waals surface area contributed by atoms with Crippen LogP contribution in [0.3, 0.4) is 0 Å². The van der Waals surface area contributed by atoms with Gasteiger partial charge in [-0.1, -0.05) is 30.3 Å². The van der Waals surface area contributed by atoms with Crippen molar-refractivity contribution >= 4 is 46.3 Å².